The van der Waals surface area contributed by atoms with Gasteiger partial charge in [0, 0.05) is 10.9 Å². The molecule has 0 saturated heterocycles. The fourth-order valence-electron chi connectivity index (χ4n) is 3.86. The highest BCUT2D eigenvalue weighted by Crippen LogP contribution is 2.31. The lowest BCUT2D eigenvalue weighted by Crippen LogP contribution is -2.19. The van der Waals surface area contributed by atoms with Crippen molar-refractivity contribution in [3.8, 4) is 11.8 Å². The summed E-state index contributed by atoms with van der Waals surface area (Å²) < 4.78 is 44.2. The van der Waals surface area contributed by atoms with E-state index in [4.69, 9.17) is 4.42 Å². The summed E-state index contributed by atoms with van der Waals surface area (Å²) in [7, 11) is 0. The van der Waals surface area contributed by atoms with E-state index < -0.39 is 17.8 Å². The van der Waals surface area contributed by atoms with Gasteiger partial charge in [-0.25, -0.2) is 0 Å². The molecule has 1 aromatic heterocycles. The number of hydrogen-bond donors (Lipinski definition) is 2. The van der Waals surface area contributed by atoms with E-state index in [9.17, 15) is 18.4 Å². The molecule has 1 atom stereocenters. The van der Waals surface area contributed by atoms with E-state index in [1.54, 1.807) is 6.26 Å². The summed E-state index contributed by atoms with van der Waals surface area (Å²) in [4.78, 5) is 0. The van der Waals surface area contributed by atoms with Gasteiger partial charge in [-0.3, -0.25) is 0 Å². The van der Waals surface area contributed by atoms with Crippen LogP contribution in [0.1, 0.15) is 52.8 Å². The van der Waals surface area contributed by atoms with Crippen LogP contribution in [-0.4, -0.2) is 5.21 Å². The van der Waals surface area contributed by atoms with Crippen molar-refractivity contribution in [1.82, 2.24) is 5.48 Å². The van der Waals surface area contributed by atoms with Crippen molar-refractivity contribution in [2.24, 2.45) is 0 Å². The molecule has 0 aliphatic carbocycles. The van der Waals surface area contributed by atoms with E-state index >= 15 is 0 Å². The van der Waals surface area contributed by atoms with E-state index in [2.05, 4.69) is 36.4 Å². The van der Waals surface area contributed by atoms with Crippen molar-refractivity contribution in [2.75, 3.05) is 0 Å². The van der Waals surface area contributed by atoms with Crippen molar-refractivity contribution < 1.29 is 22.8 Å². The minimum Gasteiger partial charge on any atom is -0.463 e. The first-order valence-corrected chi connectivity index (χ1v) is 11.0. The Morgan fingerprint density at radius 1 is 0.941 bits per heavy atom. The molecular formula is C28H24F3NO2. The normalized spacial score (nSPS) is 12.4. The van der Waals surface area contributed by atoms with E-state index in [-0.39, 0.29) is 0 Å². The summed E-state index contributed by atoms with van der Waals surface area (Å²) in [6, 6.07) is 18.0. The average molecular weight is 463 g/mol. The topological polar surface area (TPSA) is 45.4 Å². The van der Waals surface area contributed by atoms with E-state index in [0.29, 0.717) is 17.6 Å². The lowest BCUT2D eigenvalue weighted by atomic mass is 9.97. The van der Waals surface area contributed by atoms with Gasteiger partial charge in [0.1, 0.15) is 11.8 Å². The Balaban J connectivity index is 1.55. The third-order valence-electron chi connectivity index (χ3n) is 5.71. The van der Waals surface area contributed by atoms with Gasteiger partial charge >= 0.3 is 6.18 Å². The van der Waals surface area contributed by atoms with Crippen LogP contribution in [0, 0.1) is 11.8 Å². The molecule has 0 saturated carbocycles. The zero-order chi connectivity index (χ0) is 24.1. The molecule has 2 N–H and O–H groups in total. The third-order valence-corrected chi connectivity index (χ3v) is 5.71. The van der Waals surface area contributed by atoms with Crippen LogP contribution in [0.5, 0.6) is 0 Å². The van der Waals surface area contributed by atoms with Gasteiger partial charge in [0.2, 0.25) is 0 Å². The van der Waals surface area contributed by atoms with Crippen LogP contribution in [0.2, 0.25) is 0 Å². The summed E-state index contributed by atoms with van der Waals surface area (Å²) in [6.45, 7) is 2.15. The highest BCUT2D eigenvalue weighted by Gasteiger charge is 2.30. The van der Waals surface area contributed by atoms with Gasteiger partial charge in [0.15, 0.2) is 0 Å². The van der Waals surface area contributed by atoms with Crippen molar-refractivity contribution in [2.45, 2.75) is 38.4 Å². The predicted octanol–water partition coefficient (Wildman–Crippen LogP) is 7.07. The number of furan rings is 1. The van der Waals surface area contributed by atoms with Gasteiger partial charge in [-0.05, 0) is 65.9 Å². The number of hydrogen-bond acceptors (Lipinski definition) is 3. The van der Waals surface area contributed by atoms with E-state index in [0.717, 1.165) is 47.1 Å². The molecule has 0 radical (unpaired) electrons. The largest absolute Gasteiger partial charge is 0.463 e. The molecule has 34 heavy (non-hydrogen) atoms. The number of rotatable bonds is 6. The van der Waals surface area contributed by atoms with E-state index in [1.807, 2.05) is 30.3 Å². The molecule has 4 aromatic rings. The molecule has 1 heterocycles. The predicted molar refractivity (Wildman–Crippen MR) is 125 cm³/mol. The average Bonchev–Trinajstić information content (AvgIpc) is 3.24. The molecule has 1 unspecified atom stereocenters. The van der Waals surface area contributed by atoms with Gasteiger partial charge < -0.3 is 9.62 Å². The highest BCUT2D eigenvalue weighted by molar-refractivity contribution is 5.84. The van der Waals surface area contributed by atoms with Gasteiger partial charge in [0.25, 0.3) is 0 Å². The van der Waals surface area contributed by atoms with Crippen LogP contribution < -0.4 is 5.48 Å². The summed E-state index contributed by atoms with van der Waals surface area (Å²) in [5, 5.41) is 10.5. The fraction of sp³-hybridized carbons (Fsp3) is 0.214. The van der Waals surface area contributed by atoms with Crippen LogP contribution in [0.15, 0.2) is 77.4 Å². The molecular weight excluding hydrogens is 439 g/mol. The molecule has 0 aliphatic heterocycles. The lowest BCUT2D eigenvalue weighted by Gasteiger charge is -2.16. The monoisotopic (exact) mass is 463 g/mol. The Kier molecular flexibility index (Phi) is 7.06. The molecule has 0 spiro atoms. The number of halogens is 3. The summed E-state index contributed by atoms with van der Waals surface area (Å²) >= 11 is 0. The third kappa shape index (κ3) is 5.51. The first kappa shape index (κ1) is 23.6. The molecule has 0 amide bonds. The summed E-state index contributed by atoms with van der Waals surface area (Å²) in [5.74, 6) is 6.34. The van der Waals surface area contributed by atoms with Gasteiger partial charge in [-0.1, -0.05) is 55.5 Å². The van der Waals surface area contributed by atoms with E-state index in [1.165, 1.54) is 17.7 Å². The first-order valence-electron chi connectivity index (χ1n) is 11.0. The minimum atomic E-state index is -4.40. The van der Waals surface area contributed by atoms with Gasteiger partial charge in [-0.2, -0.15) is 18.7 Å². The van der Waals surface area contributed by atoms with Gasteiger partial charge in [-0.15, -0.1) is 0 Å². The van der Waals surface area contributed by atoms with Crippen LogP contribution in [0.25, 0.3) is 11.0 Å². The van der Waals surface area contributed by atoms with Crippen LogP contribution in [0.4, 0.5) is 13.2 Å². The molecule has 4 rings (SSSR count). The fourth-order valence-corrected chi connectivity index (χ4v) is 3.86. The van der Waals surface area contributed by atoms with Crippen LogP contribution >= 0.6 is 0 Å². The lowest BCUT2D eigenvalue weighted by molar-refractivity contribution is -0.137. The molecule has 0 aliphatic rings. The van der Waals surface area contributed by atoms with Crippen molar-refractivity contribution >= 4 is 11.0 Å². The second-order valence-electron chi connectivity index (χ2n) is 8.18. The quantitative estimate of drug-likeness (QED) is 0.238. The van der Waals surface area contributed by atoms with Crippen LogP contribution in [0.3, 0.4) is 0 Å². The van der Waals surface area contributed by atoms with Crippen molar-refractivity contribution in [3.05, 3.63) is 106 Å². The Labute approximate surface area is 196 Å². The molecule has 174 valence electrons. The molecule has 0 bridgehead atoms. The number of hydroxylamine groups is 1. The SMILES string of the molecule is CCCc1ccc(C#Cc2coc3ccc(CC(NO)c4ccc(C(F)(F)F)cc4)cc23)cc1. The standard InChI is InChI=1S/C28H24F3NO2/c1-2-3-19-4-6-20(7-5-19)8-10-23-18-34-27-15-9-21(16-25(23)27)17-26(32-33)22-11-13-24(14-12-22)28(29,30)31/h4-7,9,11-16,18,26,32-33H,2-3,17H2,1H3. The maximum Gasteiger partial charge on any atom is 0.416 e. The van der Waals surface area contributed by atoms with Crippen LogP contribution in [-0.2, 0) is 19.0 Å². The maximum absolute atomic E-state index is 12.8. The van der Waals surface area contributed by atoms with Crippen molar-refractivity contribution in [1.29, 1.82) is 0 Å². The number of nitrogens with one attached hydrogen (secondary N) is 1. The summed E-state index contributed by atoms with van der Waals surface area (Å²) in [6.07, 6.45) is -0.278. The molecule has 3 aromatic carbocycles. The number of fused-ring (bicyclic) bond motifs is 1. The second-order valence-corrected chi connectivity index (χ2v) is 8.18. The van der Waals surface area contributed by atoms with Crippen molar-refractivity contribution in [3.63, 3.8) is 0 Å². The summed E-state index contributed by atoms with van der Waals surface area (Å²) in [5.41, 5.74) is 6.55. The Bertz CT molecular complexity index is 1310. The number of benzene rings is 3. The minimum absolute atomic E-state index is 0.370. The Hall–Kier alpha value is -3.53. The Morgan fingerprint density at radius 3 is 2.29 bits per heavy atom. The van der Waals surface area contributed by atoms with Gasteiger partial charge in [0.05, 0.1) is 17.2 Å². The maximum atomic E-state index is 12.8. The zero-order valence-electron chi connectivity index (χ0n) is 18.6. The number of aryl methyl sites for hydroxylation is 1. The Morgan fingerprint density at radius 2 is 1.65 bits per heavy atom. The second kappa shape index (κ2) is 10.2. The first-order chi connectivity index (χ1) is 16.4. The highest BCUT2D eigenvalue weighted by atomic mass is 19.4. The zero-order valence-corrected chi connectivity index (χ0v) is 18.6. The smallest absolute Gasteiger partial charge is 0.416 e. The molecule has 0 fully saturated rings. The molecule has 6 heteroatoms. The number of alkyl halides is 3. The molecule has 3 nitrogen and oxygen atoms in total.